The van der Waals surface area contributed by atoms with E-state index in [4.69, 9.17) is 4.74 Å². The van der Waals surface area contributed by atoms with E-state index >= 15 is 4.39 Å². The van der Waals surface area contributed by atoms with Crippen molar-refractivity contribution in [2.45, 2.75) is 58.6 Å². The molecular formula is C30H34F2N8O2. The molecule has 0 saturated carbocycles. The minimum atomic E-state index is -0.649. The van der Waals surface area contributed by atoms with Crippen molar-refractivity contribution >= 4 is 34.6 Å². The van der Waals surface area contributed by atoms with Crippen LogP contribution in [-0.2, 0) is 17.7 Å². The molecule has 0 atom stereocenters. The molecule has 0 spiro atoms. The van der Waals surface area contributed by atoms with E-state index in [-0.39, 0.29) is 17.7 Å². The van der Waals surface area contributed by atoms with E-state index in [1.165, 1.54) is 6.07 Å². The van der Waals surface area contributed by atoms with Crippen molar-refractivity contribution in [3.63, 3.8) is 0 Å². The van der Waals surface area contributed by atoms with Gasteiger partial charge < -0.3 is 24.4 Å². The SMILES string of the molecule is CC(C)(C)OC(=O)N1CCN(c2ccc(Nc3ncc(F)c(-c4cc(F)c5nc6n(c5c4)CCCCC6)n3)nc2)CC1. The van der Waals surface area contributed by atoms with Crippen molar-refractivity contribution in [3.05, 3.63) is 54.1 Å². The van der Waals surface area contributed by atoms with Crippen LogP contribution in [0, 0.1) is 11.6 Å². The summed E-state index contributed by atoms with van der Waals surface area (Å²) in [5.74, 6) is 0.337. The van der Waals surface area contributed by atoms with Crippen molar-refractivity contribution in [1.29, 1.82) is 0 Å². The van der Waals surface area contributed by atoms with Gasteiger partial charge in [0.05, 0.1) is 23.6 Å². The van der Waals surface area contributed by atoms with E-state index in [0.717, 1.165) is 49.9 Å². The van der Waals surface area contributed by atoms with Gasteiger partial charge in [-0.15, -0.1) is 0 Å². The molecule has 10 nitrogen and oxygen atoms in total. The van der Waals surface area contributed by atoms with Crippen molar-refractivity contribution in [2.24, 2.45) is 0 Å². The van der Waals surface area contributed by atoms with E-state index < -0.39 is 17.2 Å². The molecule has 1 amide bonds. The lowest BCUT2D eigenvalue weighted by Crippen LogP contribution is -2.50. The highest BCUT2D eigenvalue weighted by molar-refractivity contribution is 5.83. The number of amides is 1. The standard InChI is InChI=1S/C30H34F2N8O2/c1-30(2,3)42-29(41)39-13-11-38(12-14-39)20-8-9-24(33-17-20)35-28-34-18-22(32)26(37-28)19-15-21(31)27-23(16-19)40-10-6-4-5-7-25(40)36-27/h8-9,15-18H,4-7,10-14H2,1-3H3,(H,33,34,35,37). The Morgan fingerprint density at radius 2 is 1.74 bits per heavy atom. The van der Waals surface area contributed by atoms with Crippen molar-refractivity contribution in [3.8, 4) is 11.3 Å². The first-order valence-electron chi connectivity index (χ1n) is 14.3. The van der Waals surface area contributed by atoms with E-state index in [0.29, 0.717) is 48.6 Å². The topological polar surface area (TPSA) is 101 Å². The minimum Gasteiger partial charge on any atom is -0.444 e. The number of ether oxygens (including phenoxy) is 1. The summed E-state index contributed by atoms with van der Waals surface area (Å²) in [4.78, 5) is 33.6. The van der Waals surface area contributed by atoms with Gasteiger partial charge >= 0.3 is 6.09 Å². The molecule has 42 heavy (non-hydrogen) atoms. The fourth-order valence-corrected chi connectivity index (χ4v) is 5.40. The van der Waals surface area contributed by atoms with Crippen molar-refractivity contribution < 1.29 is 18.3 Å². The number of rotatable bonds is 4. The zero-order valence-electron chi connectivity index (χ0n) is 24.0. The third-order valence-corrected chi connectivity index (χ3v) is 7.47. The van der Waals surface area contributed by atoms with Crippen LogP contribution < -0.4 is 10.2 Å². The van der Waals surface area contributed by atoms with Gasteiger partial charge in [-0.25, -0.2) is 33.5 Å². The average molecular weight is 577 g/mol. The molecule has 1 saturated heterocycles. The highest BCUT2D eigenvalue weighted by Gasteiger charge is 2.26. The molecule has 2 aliphatic rings. The van der Waals surface area contributed by atoms with E-state index in [1.807, 2.05) is 31.4 Å². The summed E-state index contributed by atoms with van der Waals surface area (Å²) in [5, 5.41) is 3.02. The molecule has 0 aliphatic carbocycles. The Labute approximate surface area is 242 Å². The van der Waals surface area contributed by atoms with Gasteiger partial charge in [0.25, 0.3) is 0 Å². The summed E-state index contributed by atoms with van der Waals surface area (Å²) in [6.07, 6.45) is 6.41. The third-order valence-electron chi connectivity index (χ3n) is 7.47. The van der Waals surface area contributed by atoms with Gasteiger partial charge in [0.15, 0.2) is 11.6 Å². The normalized spacial score (nSPS) is 15.8. The number of carbonyl (C=O) groups is 1. The third kappa shape index (κ3) is 5.83. The van der Waals surface area contributed by atoms with Crippen LogP contribution in [0.4, 0.5) is 31.0 Å². The molecule has 0 radical (unpaired) electrons. The molecule has 6 rings (SSSR count). The molecule has 220 valence electrons. The van der Waals surface area contributed by atoms with Gasteiger partial charge in [0, 0.05) is 44.7 Å². The molecule has 12 heteroatoms. The second-order valence-electron chi connectivity index (χ2n) is 11.7. The number of piperazine rings is 1. The molecule has 0 unspecified atom stereocenters. The van der Waals surface area contributed by atoms with E-state index in [1.54, 1.807) is 23.2 Å². The fraction of sp³-hybridized carbons (Fsp3) is 0.433. The molecule has 2 aliphatic heterocycles. The average Bonchev–Trinajstić information content (AvgIpc) is 3.14. The van der Waals surface area contributed by atoms with Crippen molar-refractivity contribution in [1.82, 2.24) is 29.4 Å². The molecule has 3 aromatic heterocycles. The number of aromatic nitrogens is 5. The van der Waals surface area contributed by atoms with E-state index in [9.17, 15) is 9.18 Å². The number of imidazole rings is 1. The lowest BCUT2D eigenvalue weighted by atomic mass is 10.1. The molecular weight excluding hydrogens is 542 g/mol. The Bertz CT molecular complexity index is 1610. The van der Waals surface area contributed by atoms with Gasteiger partial charge in [-0.2, -0.15) is 0 Å². The predicted molar refractivity (Wildman–Crippen MR) is 156 cm³/mol. The molecule has 1 N–H and O–H groups in total. The first-order valence-corrected chi connectivity index (χ1v) is 14.3. The largest absolute Gasteiger partial charge is 0.444 e. The molecule has 1 aromatic carbocycles. The summed E-state index contributed by atoms with van der Waals surface area (Å²) < 4.78 is 37.6. The number of nitrogens with one attached hydrogen (secondary N) is 1. The number of aryl methyl sites for hydroxylation is 2. The summed E-state index contributed by atoms with van der Waals surface area (Å²) in [6.45, 7) is 8.73. The van der Waals surface area contributed by atoms with Crippen molar-refractivity contribution in [2.75, 3.05) is 36.4 Å². The first-order chi connectivity index (χ1) is 20.1. The highest BCUT2D eigenvalue weighted by atomic mass is 19.1. The zero-order valence-corrected chi connectivity index (χ0v) is 24.0. The maximum atomic E-state index is 15.1. The summed E-state index contributed by atoms with van der Waals surface area (Å²) >= 11 is 0. The van der Waals surface area contributed by atoms with Gasteiger partial charge in [-0.05, 0) is 57.9 Å². The Kier molecular flexibility index (Phi) is 7.38. The monoisotopic (exact) mass is 576 g/mol. The van der Waals surface area contributed by atoms with Crippen LogP contribution >= 0.6 is 0 Å². The van der Waals surface area contributed by atoms with Gasteiger partial charge in [0.2, 0.25) is 5.95 Å². The number of benzene rings is 1. The second kappa shape index (κ2) is 11.1. The summed E-state index contributed by atoms with van der Waals surface area (Å²) in [6, 6.07) is 6.73. The smallest absolute Gasteiger partial charge is 0.410 e. The molecule has 4 aromatic rings. The highest BCUT2D eigenvalue weighted by Crippen LogP contribution is 2.31. The number of hydrogen-bond acceptors (Lipinski definition) is 8. The van der Waals surface area contributed by atoms with Gasteiger partial charge in [0.1, 0.15) is 28.5 Å². The Morgan fingerprint density at radius 1 is 0.929 bits per heavy atom. The van der Waals surface area contributed by atoms with Gasteiger partial charge in [-0.1, -0.05) is 6.42 Å². The maximum Gasteiger partial charge on any atom is 0.410 e. The van der Waals surface area contributed by atoms with Crippen LogP contribution in [0.3, 0.4) is 0 Å². The number of fused-ring (bicyclic) bond motifs is 3. The van der Waals surface area contributed by atoms with Crippen LogP contribution in [0.2, 0.25) is 0 Å². The maximum absolute atomic E-state index is 15.1. The van der Waals surface area contributed by atoms with Gasteiger partial charge in [-0.3, -0.25) is 0 Å². The minimum absolute atomic E-state index is 0.00282. The molecule has 5 heterocycles. The Hall–Kier alpha value is -4.35. The number of pyridine rings is 1. The molecule has 0 bridgehead atoms. The van der Waals surface area contributed by atoms with Crippen LogP contribution in [0.1, 0.15) is 45.9 Å². The lowest BCUT2D eigenvalue weighted by Gasteiger charge is -2.36. The predicted octanol–water partition coefficient (Wildman–Crippen LogP) is 5.69. The fourth-order valence-electron chi connectivity index (χ4n) is 5.40. The second-order valence-corrected chi connectivity index (χ2v) is 11.7. The van der Waals surface area contributed by atoms with Crippen LogP contribution in [-0.4, -0.2) is 67.3 Å². The number of anilines is 3. The number of hydrogen-bond donors (Lipinski definition) is 1. The Morgan fingerprint density at radius 3 is 2.48 bits per heavy atom. The number of carbonyl (C=O) groups excluding carboxylic acids is 1. The Balaban J connectivity index is 1.16. The number of halogens is 2. The van der Waals surface area contributed by atoms with E-state index in [2.05, 4.69) is 30.2 Å². The lowest BCUT2D eigenvalue weighted by molar-refractivity contribution is 0.0240. The van der Waals surface area contributed by atoms with Crippen LogP contribution in [0.15, 0.2) is 36.7 Å². The quantitative estimate of drug-likeness (QED) is 0.331. The zero-order chi connectivity index (χ0) is 29.4. The molecule has 1 fully saturated rings. The number of nitrogens with zero attached hydrogens (tertiary/aromatic N) is 7. The van der Waals surface area contributed by atoms with Crippen LogP contribution in [0.5, 0.6) is 0 Å². The van der Waals surface area contributed by atoms with Crippen LogP contribution in [0.25, 0.3) is 22.3 Å². The first kappa shape index (κ1) is 27.8. The summed E-state index contributed by atoms with van der Waals surface area (Å²) in [5.41, 5.74) is 1.66. The summed E-state index contributed by atoms with van der Waals surface area (Å²) in [7, 11) is 0.